The van der Waals surface area contributed by atoms with Crippen LogP contribution in [0.25, 0.3) is 11.3 Å². The third-order valence-electron chi connectivity index (χ3n) is 4.03. The van der Waals surface area contributed by atoms with Gasteiger partial charge in [0.05, 0.1) is 0 Å². The molecule has 1 aliphatic carbocycles. The Morgan fingerprint density at radius 2 is 1.84 bits per heavy atom. The van der Waals surface area contributed by atoms with Crippen molar-refractivity contribution in [2.75, 3.05) is 5.73 Å². The number of nitrogens with two attached hydrogens (primary N) is 1. The third-order valence-corrected chi connectivity index (χ3v) is 4.03. The van der Waals surface area contributed by atoms with E-state index in [-0.39, 0.29) is 0 Å². The normalized spacial score (nSPS) is 17.3. The SMILES string of the molecule is Nc1cc(-c2cccc(C3CCCCCC3)c2)on1. The molecule has 2 aromatic rings. The average molecular weight is 256 g/mol. The Morgan fingerprint density at radius 1 is 1.05 bits per heavy atom. The minimum Gasteiger partial charge on any atom is -0.381 e. The van der Waals surface area contributed by atoms with E-state index in [2.05, 4.69) is 29.4 Å². The lowest BCUT2D eigenvalue weighted by molar-refractivity contribution is 0.435. The molecule has 100 valence electrons. The monoisotopic (exact) mass is 256 g/mol. The van der Waals surface area contributed by atoms with Crippen LogP contribution in [-0.4, -0.2) is 5.16 Å². The molecule has 3 rings (SSSR count). The Labute approximate surface area is 113 Å². The lowest BCUT2D eigenvalue weighted by Gasteiger charge is -2.14. The van der Waals surface area contributed by atoms with Crippen LogP contribution < -0.4 is 5.73 Å². The summed E-state index contributed by atoms with van der Waals surface area (Å²) in [5.41, 5.74) is 8.11. The first-order valence-corrected chi connectivity index (χ1v) is 7.15. The van der Waals surface area contributed by atoms with Gasteiger partial charge < -0.3 is 10.3 Å². The van der Waals surface area contributed by atoms with Crippen molar-refractivity contribution in [2.24, 2.45) is 0 Å². The van der Waals surface area contributed by atoms with Gasteiger partial charge in [0.25, 0.3) is 0 Å². The van der Waals surface area contributed by atoms with Gasteiger partial charge in [-0.15, -0.1) is 0 Å². The molecule has 1 aliphatic rings. The largest absolute Gasteiger partial charge is 0.381 e. The maximum atomic E-state index is 5.61. The van der Waals surface area contributed by atoms with Crippen LogP contribution in [0.4, 0.5) is 5.82 Å². The second-order valence-electron chi connectivity index (χ2n) is 5.43. The van der Waals surface area contributed by atoms with Crippen molar-refractivity contribution in [1.82, 2.24) is 5.16 Å². The molecule has 0 saturated heterocycles. The summed E-state index contributed by atoms with van der Waals surface area (Å²) >= 11 is 0. The van der Waals surface area contributed by atoms with Crippen molar-refractivity contribution in [1.29, 1.82) is 0 Å². The highest BCUT2D eigenvalue weighted by Crippen LogP contribution is 2.33. The van der Waals surface area contributed by atoms with E-state index in [0.29, 0.717) is 11.7 Å². The second-order valence-corrected chi connectivity index (χ2v) is 5.43. The number of nitrogens with zero attached hydrogens (tertiary/aromatic N) is 1. The number of nitrogen functional groups attached to an aromatic ring is 1. The van der Waals surface area contributed by atoms with Crippen molar-refractivity contribution in [3.8, 4) is 11.3 Å². The highest BCUT2D eigenvalue weighted by Gasteiger charge is 2.15. The fourth-order valence-corrected chi connectivity index (χ4v) is 2.98. The molecule has 3 nitrogen and oxygen atoms in total. The first-order chi connectivity index (χ1) is 9.33. The molecule has 19 heavy (non-hydrogen) atoms. The van der Waals surface area contributed by atoms with Crippen LogP contribution in [0, 0.1) is 0 Å². The van der Waals surface area contributed by atoms with E-state index >= 15 is 0 Å². The molecule has 0 spiro atoms. The maximum Gasteiger partial charge on any atom is 0.169 e. The van der Waals surface area contributed by atoms with E-state index in [1.54, 1.807) is 6.07 Å². The van der Waals surface area contributed by atoms with Gasteiger partial charge in [-0.2, -0.15) is 0 Å². The van der Waals surface area contributed by atoms with Crippen molar-refractivity contribution < 1.29 is 4.52 Å². The molecule has 1 aromatic heterocycles. The Bertz CT molecular complexity index is 539. The summed E-state index contributed by atoms with van der Waals surface area (Å²) in [5, 5.41) is 3.75. The topological polar surface area (TPSA) is 52.0 Å². The van der Waals surface area contributed by atoms with E-state index in [9.17, 15) is 0 Å². The Kier molecular flexibility index (Phi) is 3.53. The summed E-state index contributed by atoms with van der Waals surface area (Å²) in [6, 6.07) is 10.4. The zero-order valence-electron chi connectivity index (χ0n) is 11.1. The molecule has 3 heteroatoms. The first kappa shape index (κ1) is 12.3. The minimum atomic E-state index is 0.440. The van der Waals surface area contributed by atoms with Crippen molar-refractivity contribution in [3.63, 3.8) is 0 Å². The number of hydrogen-bond donors (Lipinski definition) is 1. The lowest BCUT2D eigenvalue weighted by atomic mass is 9.90. The molecule has 0 bridgehead atoms. The summed E-state index contributed by atoms with van der Waals surface area (Å²) in [6.45, 7) is 0. The predicted molar refractivity (Wildman–Crippen MR) is 76.8 cm³/mol. The average Bonchev–Trinajstić information content (AvgIpc) is 2.71. The number of aromatic nitrogens is 1. The smallest absolute Gasteiger partial charge is 0.169 e. The minimum absolute atomic E-state index is 0.440. The Morgan fingerprint density at radius 3 is 2.53 bits per heavy atom. The zero-order chi connectivity index (χ0) is 13.1. The summed E-state index contributed by atoms with van der Waals surface area (Å²) < 4.78 is 5.24. The van der Waals surface area contributed by atoms with E-state index in [1.165, 1.54) is 44.1 Å². The molecule has 0 radical (unpaired) electrons. The molecule has 2 N–H and O–H groups in total. The number of benzene rings is 1. The fourth-order valence-electron chi connectivity index (χ4n) is 2.98. The van der Waals surface area contributed by atoms with Gasteiger partial charge in [0, 0.05) is 11.6 Å². The van der Waals surface area contributed by atoms with Gasteiger partial charge in [0.1, 0.15) is 0 Å². The summed E-state index contributed by atoms with van der Waals surface area (Å²) in [5.74, 6) is 1.89. The molecule has 1 heterocycles. The van der Waals surface area contributed by atoms with Gasteiger partial charge in [-0.05, 0) is 30.4 Å². The third kappa shape index (κ3) is 2.80. The maximum absolute atomic E-state index is 5.61. The molecule has 1 saturated carbocycles. The number of rotatable bonds is 2. The van der Waals surface area contributed by atoms with Crippen LogP contribution >= 0.6 is 0 Å². The van der Waals surface area contributed by atoms with E-state index < -0.39 is 0 Å². The summed E-state index contributed by atoms with van der Waals surface area (Å²) in [6.07, 6.45) is 8.09. The molecule has 0 atom stereocenters. The van der Waals surface area contributed by atoms with E-state index in [1.807, 2.05) is 0 Å². The van der Waals surface area contributed by atoms with Crippen LogP contribution in [0.1, 0.15) is 50.0 Å². The quantitative estimate of drug-likeness (QED) is 0.812. The van der Waals surface area contributed by atoms with Crippen molar-refractivity contribution >= 4 is 5.82 Å². The first-order valence-electron chi connectivity index (χ1n) is 7.15. The highest BCUT2D eigenvalue weighted by molar-refractivity contribution is 5.61. The molecular weight excluding hydrogens is 236 g/mol. The molecule has 1 aromatic carbocycles. The Balaban J connectivity index is 1.86. The second kappa shape index (κ2) is 5.47. The van der Waals surface area contributed by atoms with Crippen LogP contribution in [0.5, 0.6) is 0 Å². The van der Waals surface area contributed by atoms with Gasteiger partial charge in [-0.25, -0.2) is 0 Å². The van der Waals surface area contributed by atoms with Gasteiger partial charge in [0.2, 0.25) is 0 Å². The van der Waals surface area contributed by atoms with Crippen LogP contribution in [0.3, 0.4) is 0 Å². The summed E-state index contributed by atoms with van der Waals surface area (Å²) in [4.78, 5) is 0. The Hall–Kier alpha value is -1.77. The van der Waals surface area contributed by atoms with E-state index in [0.717, 1.165) is 11.3 Å². The van der Waals surface area contributed by atoms with Gasteiger partial charge in [0.15, 0.2) is 11.6 Å². The molecule has 1 fully saturated rings. The van der Waals surface area contributed by atoms with Gasteiger partial charge in [-0.3, -0.25) is 0 Å². The standard InChI is InChI=1S/C16H20N2O/c17-16-11-15(19-18-16)14-9-5-8-13(10-14)12-6-3-1-2-4-7-12/h5,8-12H,1-4,6-7H2,(H2,17,18). The number of hydrogen-bond acceptors (Lipinski definition) is 3. The molecular formula is C16H20N2O. The van der Waals surface area contributed by atoms with Crippen LogP contribution in [0.2, 0.25) is 0 Å². The van der Waals surface area contributed by atoms with Gasteiger partial charge in [-0.1, -0.05) is 49.0 Å². The molecule has 0 amide bonds. The fraction of sp³-hybridized carbons (Fsp3) is 0.438. The molecule has 0 unspecified atom stereocenters. The lowest BCUT2D eigenvalue weighted by Crippen LogP contribution is -1.97. The highest BCUT2D eigenvalue weighted by atomic mass is 16.5. The van der Waals surface area contributed by atoms with Crippen LogP contribution in [0.15, 0.2) is 34.9 Å². The predicted octanol–water partition coefficient (Wildman–Crippen LogP) is 4.36. The zero-order valence-corrected chi connectivity index (χ0v) is 11.1. The van der Waals surface area contributed by atoms with Crippen LogP contribution in [-0.2, 0) is 0 Å². The van der Waals surface area contributed by atoms with E-state index in [4.69, 9.17) is 10.3 Å². The van der Waals surface area contributed by atoms with Crippen molar-refractivity contribution in [3.05, 3.63) is 35.9 Å². The van der Waals surface area contributed by atoms with Gasteiger partial charge >= 0.3 is 0 Å². The number of anilines is 1. The van der Waals surface area contributed by atoms with Crippen molar-refractivity contribution in [2.45, 2.75) is 44.4 Å². The summed E-state index contributed by atoms with van der Waals surface area (Å²) in [7, 11) is 0. The molecule has 0 aliphatic heterocycles.